The quantitative estimate of drug-likeness (QED) is 0.405. The third-order valence-corrected chi connectivity index (χ3v) is 6.06. The molecule has 1 aliphatic rings. The Labute approximate surface area is 180 Å². The lowest BCUT2D eigenvalue weighted by molar-refractivity contribution is -0.118. The molecule has 0 spiro atoms. The van der Waals surface area contributed by atoms with Crippen LogP contribution in [0.4, 0.5) is 0 Å². The number of nitrogens with one attached hydrogen (secondary N) is 1. The van der Waals surface area contributed by atoms with E-state index < -0.39 is 0 Å². The van der Waals surface area contributed by atoms with Crippen LogP contribution in [-0.2, 0) is 4.79 Å². The number of carbonyl (C=O) groups excluding carboxylic acids is 1. The predicted octanol–water partition coefficient (Wildman–Crippen LogP) is 4.33. The Morgan fingerprint density at radius 2 is 1.97 bits per heavy atom. The van der Waals surface area contributed by atoms with Crippen molar-refractivity contribution in [3.05, 3.63) is 48.7 Å². The number of carbonyl (C=O) groups is 1. The summed E-state index contributed by atoms with van der Waals surface area (Å²) in [4.78, 5) is 12.3. The molecule has 1 saturated carbocycles. The minimum Gasteiger partial charge on any atom is -0.492 e. The molecule has 30 heavy (non-hydrogen) atoms. The fraction of sp³-hybridized carbons (Fsp3) is 0.409. The second kappa shape index (κ2) is 10.3. The molecule has 158 valence electrons. The van der Waals surface area contributed by atoms with Crippen molar-refractivity contribution in [2.45, 2.75) is 43.3 Å². The maximum absolute atomic E-state index is 12.3. The third kappa shape index (κ3) is 5.24. The van der Waals surface area contributed by atoms with Gasteiger partial charge in [0.05, 0.1) is 18.6 Å². The van der Waals surface area contributed by atoms with Gasteiger partial charge in [0.15, 0.2) is 10.9 Å². The summed E-state index contributed by atoms with van der Waals surface area (Å²) in [6.07, 6.45) is 7.52. The molecule has 1 aromatic carbocycles. The average molecular weight is 427 g/mol. The second-order valence-electron chi connectivity index (χ2n) is 7.25. The van der Waals surface area contributed by atoms with Crippen LogP contribution < -0.4 is 10.1 Å². The molecule has 1 aliphatic carbocycles. The Balaban J connectivity index is 1.33. The number of amides is 1. The number of aromatic nitrogens is 3. The number of ether oxygens (including phenoxy) is 1. The predicted molar refractivity (Wildman–Crippen MR) is 116 cm³/mol. The van der Waals surface area contributed by atoms with Crippen LogP contribution in [0.2, 0.25) is 0 Å². The number of thioether (sulfide) groups is 1. The first-order valence-corrected chi connectivity index (χ1v) is 11.4. The molecule has 4 rings (SSSR count). The van der Waals surface area contributed by atoms with Gasteiger partial charge in [-0.25, -0.2) is 0 Å². The smallest absolute Gasteiger partial charge is 0.230 e. The Bertz CT molecular complexity index is 921. The number of rotatable bonds is 9. The summed E-state index contributed by atoms with van der Waals surface area (Å²) in [5.41, 5.74) is 0. The minimum absolute atomic E-state index is 0.0468. The van der Waals surface area contributed by atoms with E-state index in [9.17, 15) is 4.79 Å². The first-order valence-electron chi connectivity index (χ1n) is 10.4. The van der Waals surface area contributed by atoms with Gasteiger partial charge >= 0.3 is 0 Å². The monoisotopic (exact) mass is 426 g/mol. The van der Waals surface area contributed by atoms with Gasteiger partial charge < -0.3 is 14.5 Å². The highest BCUT2D eigenvalue weighted by Crippen LogP contribution is 2.35. The fourth-order valence-electron chi connectivity index (χ4n) is 3.67. The minimum atomic E-state index is -0.0468. The molecule has 1 amide bonds. The van der Waals surface area contributed by atoms with E-state index in [0.29, 0.717) is 25.0 Å². The van der Waals surface area contributed by atoms with Crippen molar-refractivity contribution in [1.82, 2.24) is 20.1 Å². The van der Waals surface area contributed by atoms with Gasteiger partial charge in [0, 0.05) is 6.04 Å². The summed E-state index contributed by atoms with van der Waals surface area (Å²) in [5, 5.41) is 12.4. The van der Waals surface area contributed by atoms with Crippen molar-refractivity contribution in [2.75, 3.05) is 18.9 Å². The summed E-state index contributed by atoms with van der Waals surface area (Å²) in [6.45, 7) is 0.891. The Kier molecular flexibility index (Phi) is 7.07. The number of nitrogens with zero attached hydrogens (tertiary/aromatic N) is 3. The maximum atomic E-state index is 12.3. The van der Waals surface area contributed by atoms with Crippen LogP contribution >= 0.6 is 11.8 Å². The van der Waals surface area contributed by atoms with Crippen LogP contribution in [0, 0.1) is 0 Å². The lowest BCUT2D eigenvalue weighted by atomic mass is 9.95. The maximum Gasteiger partial charge on any atom is 0.230 e. The van der Waals surface area contributed by atoms with E-state index in [-0.39, 0.29) is 11.7 Å². The van der Waals surface area contributed by atoms with Gasteiger partial charge in [-0.3, -0.25) is 9.36 Å². The van der Waals surface area contributed by atoms with Crippen molar-refractivity contribution in [2.24, 2.45) is 0 Å². The van der Waals surface area contributed by atoms with Crippen molar-refractivity contribution >= 4 is 17.7 Å². The van der Waals surface area contributed by atoms with E-state index in [1.54, 1.807) is 6.26 Å². The topological polar surface area (TPSA) is 82.2 Å². The van der Waals surface area contributed by atoms with Gasteiger partial charge in [0.25, 0.3) is 0 Å². The summed E-state index contributed by atoms with van der Waals surface area (Å²) >= 11 is 1.42. The molecule has 2 aromatic heterocycles. The molecule has 0 saturated heterocycles. The largest absolute Gasteiger partial charge is 0.492 e. The van der Waals surface area contributed by atoms with Gasteiger partial charge in [-0.05, 0) is 37.1 Å². The van der Waals surface area contributed by atoms with E-state index in [1.807, 2.05) is 42.5 Å². The van der Waals surface area contributed by atoms with Crippen LogP contribution in [-0.4, -0.2) is 39.6 Å². The SMILES string of the molecule is O=C(CSc1nnc(-c2ccco2)n1C1CCCCC1)NCCOc1ccccc1. The summed E-state index contributed by atoms with van der Waals surface area (Å²) in [7, 11) is 0. The number of para-hydroxylation sites is 1. The molecule has 0 bridgehead atoms. The highest BCUT2D eigenvalue weighted by molar-refractivity contribution is 7.99. The van der Waals surface area contributed by atoms with Gasteiger partial charge in [0.2, 0.25) is 11.7 Å². The first-order chi connectivity index (χ1) is 14.8. The van der Waals surface area contributed by atoms with Gasteiger partial charge in [-0.1, -0.05) is 49.2 Å². The molecule has 0 unspecified atom stereocenters. The first kappa shape index (κ1) is 20.5. The molecule has 0 radical (unpaired) electrons. The highest BCUT2D eigenvalue weighted by Gasteiger charge is 2.25. The van der Waals surface area contributed by atoms with E-state index in [2.05, 4.69) is 20.1 Å². The highest BCUT2D eigenvalue weighted by atomic mass is 32.2. The molecule has 1 N–H and O–H groups in total. The van der Waals surface area contributed by atoms with E-state index in [4.69, 9.17) is 9.15 Å². The molecule has 2 heterocycles. The molecular formula is C22H26N4O3S. The number of furan rings is 1. The normalized spacial score (nSPS) is 14.5. The number of hydrogen-bond acceptors (Lipinski definition) is 6. The summed E-state index contributed by atoms with van der Waals surface area (Å²) < 4.78 is 13.3. The molecular weight excluding hydrogens is 400 g/mol. The van der Waals surface area contributed by atoms with Crippen LogP contribution in [0.1, 0.15) is 38.1 Å². The molecule has 0 aliphatic heterocycles. The van der Waals surface area contributed by atoms with Crippen molar-refractivity contribution in [3.63, 3.8) is 0 Å². The van der Waals surface area contributed by atoms with E-state index in [1.165, 1.54) is 31.0 Å². The van der Waals surface area contributed by atoms with E-state index in [0.717, 1.165) is 29.6 Å². The van der Waals surface area contributed by atoms with Crippen molar-refractivity contribution < 1.29 is 13.9 Å². The van der Waals surface area contributed by atoms with Crippen LogP contribution in [0.15, 0.2) is 58.3 Å². The molecule has 8 heteroatoms. The third-order valence-electron chi connectivity index (χ3n) is 5.11. The second-order valence-corrected chi connectivity index (χ2v) is 8.19. The Hall–Kier alpha value is -2.74. The zero-order valence-electron chi connectivity index (χ0n) is 16.8. The molecule has 0 atom stereocenters. The van der Waals surface area contributed by atoms with Crippen molar-refractivity contribution in [1.29, 1.82) is 0 Å². The van der Waals surface area contributed by atoms with Crippen molar-refractivity contribution in [3.8, 4) is 17.3 Å². The molecule has 1 fully saturated rings. The number of benzene rings is 1. The standard InChI is InChI=1S/C22H26N4O3S/c27-20(23-13-15-28-18-10-5-2-6-11-18)16-30-22-25-24-21(19-12-7-14-29-19)26(22)17-8-3-1-4-9-17/h2,5-7,10-12,14,17H,1,3-4,8-9,13,15-16H2,(H,23,27). The lowest BCUT2D eigenvalue weighted by Gasteiger charge is -2.25. The number of hydrogen-bond donors (Lipinski definition) is 1. The van der Waals surface area contributed by atoms with Crippen LogP contribution in [0.25, 0.3) is 11.6 Å². The molecule has 7 nitrogen and oxygen atoms in total. The van der Waals surface area contributed by atoms with Crippen LogP contribution in [0.3, 0.4) is 0 Å². The zero-order valence-corrected chi connectivity index (χ0v) is 17.6. The Morgan fingerprint density at radius 3 is 2.73 bits per heavy atom. The molecule has 3 aromatic rings. The Morgan fingerprint density at radius 1 is 1.13 bits per heavy atom. The lowest BCUT2D eigenvalue weighted by Crippen LogP contribution is -2.29. The summed E-state index contributed by atoms with van der Waals surface area (Å²) in [6, 6.07) is 13.7. The van der Waals surface area contributed by atoms with E-state index >= 15 is 0 Å². The summed E-state index contributed by atoms with van der Waals surface area (Å²) in [5.74, 6) is 2.49. The fourth-order valence-corrected chi connectivity index (χ4v) is 4.51. The van der Waals surface area contributed by atoms with Gasteiger partial charge in [-0.2, -0.15) is 0 Å². The average Bonchev–Trinajstić information content (AvgIpc) is 3.46. The zero-order chi connectivity index (χ0) is 20.6. The van der Waals surface area contributed by atoms with Gasteiger partial charge in [-0.15, -0.1) is 10.2 Å². The van der Waals surface area contributed by atoms with Gasteiger partial charge in [0.1, 0.15) is 12.4 Å². The van der Waals surface area contributed by atoms with Crippen LogP contribution in [0.5, 0.6) is 5.75 Å².